The zero-order valence-corrected chi connectivity index (χ0v) is 17.6. The van der Waals surface area contributed by atoms with Crippen LogP contribution in [0.15, 0.2) is 48.5 Å². The molecule has 3 amide bonds. The lowest BCUT2D eigenvalue weighted by Crippen LogP contribution is -2.55. The molecule has 2 fully saturated rings. The van der Waals surface area contributed by atoms with E-state index in [0.717, 1.165) is 5.56 Å². The van der Waals surface area contributed by atoms with Gasteiger partial charge in [0.1, 0.15) is 5.54 Å². The van der Waals surface area contributed by atoms with Gasteiger partial charge >= 0.3 is 0 Å². The molecule has 3 N–H and O–H groups in total. The molecule has 3 heterocycles. The van der Waals surface area contributed by atoms with Crippen LogP contribution in [0.2, 0.25) is 5.02 Å². The first-order valence-electron chi connectivity index (χ1n) is 10.3. The number of amides is 3. The van der Waals surface area contributed by atoms with Crippen LogP contribution in [0.1, 0.15) is 18.1 Å². The second kappa shape index (κ2) is 7.15. The molecule has 0 saturated carbocycles. The van der Waals surface area contributed by atoms with Crippen molar-refractivity contribution in [2.45, 2.75) is 31.0 Å². The van der Waals surface area contributed by atoms with Crippen LogP contribution in [0, 0.1) is 11.8 Å². The Kier molecular flexibility index (Phi) is 4.66. The van der Waals surface area contributed by atoms with Gasteiger partial charge < -0.3 is 10.4 Å². The van der Waals surface area contributed by atoms with Crippen molar-refractivity contribution in [3.8, 4) is 0 Å². The van der Waals surface area contributed by atoms with Crippen LogP contribution >= 0.6 is 11.6 Å². The zero-order chi connectivity index (χ0) is 21.9. The van der Waals surface area contributed by atoms with Crippen molar-refractivity contribution in [1.29, 1.82) is 0 Å². The van der Waals surface area contributed by atoms with Crippen LogP contribution in [0.4, 0.5) is 5.69 Å². The fourth-order valence-corrected chi connectivity index (χ4v) is 5.46. The molecule has 2 saturated heterocycles. The molecule has 3 aliphatic rings. The molecular formula is C23H22ClN3O4. The summed E-state index contributed by atoms with van der Waals surface area (Å²) in [6.45, 7) is 1.78. The van der Waals surface area contributed by atoms with Crippen molar-refractivity contribution >= 4 is 35.0 Å². The minimum Gasteiger partial charge on any atom is -0.392 e. The number of hydrogen-bond acceptors (Lipinski definition) is 5. The van der Waals surface area contributed by atoms with E-state index in [4.69, 9.17) is 11.6 Å². The van der Waals surface area contributed by atoms with Gasteiger partial charge in [-0.3, -0.25) is 24.6 Å². The number of nitrogens with zero attached hydrogens (tertiary/aromatic N) is 1. The van der Waals surface area contributed by atoms with E-state index in [-0.39, 0.29) is 12.5 Å². The molecule has 5 rings (SSSR count). The third-order valence-electron chi connectivity index (χ3n) is 6.69. The molecule has 3 aliphatic heterocycles. The van der Waals surface area contributed by atoms with Crippen LogP contribution in [0.5, 0.6) is 0 Å². The van der Waals surface area contributed by atoms with E-state index < -0.39 is 41.3 Å². The summed E-state index contributed by atoms with van der Waals surface area (Å²) < 4.78 is 0. The molecule has 0 aliphatic carbocycles. The SMILES string of the molecule is C[C@H](O)[C@@H]1N[C@]2(C(=O)Nc3ccc(Cl)cc32)[C@@H]2C(=O)N(CCc3ccccc3)C(=O)[C@H]12. The van der Waals surface area contributed by atoms with Crippen molar-refractivity contribution in [1.82, 2.24) is 10.2 Å². The number of imide groups is 1. The zero-order valence-electron chi connectivity index (χ0n) is 16.8. The van der Waals surface area contributed by atoms with E-state index in [0.29, 0.717) is 22.7 Å². The summed E-state index contributed by atoms with van der Waals surface area (Å²) in [5.41, 5.74) is 0.653. The molecule has 160 valence electrons. The van der Waals surface area contributed by atoms with E-state index >= 15 is 0 Å². The van der Waals surface area contributed by atoms with Gasteiger partial charge in [0.2, 0.25) is 17.7 Å². The number of aliphatic hydroxyl groups is 1. The molecule has 0 bridgehead atoms. The highest BCUT2D eigenvalue weighted by molar-refractivity contribution is 6.31. The Bertz CT molecular complexity index is 1090. The average Bonchev–Trinajstić information content (AvgIpc) is 3.33. The molecule has 0 aromatic heterocycles. The van der Waals surface area contributed by atoms with Crippen molar-refractivity contribution in [3.63, 3.8) is 0 Å². The minimum atomic E-state index is -1.44. The molecule has 8 heteroatoms. The van der Waals surface area contributed by atoms with Crippen LogP contribution in [0.3, 0.4) is 0 Å². The Labute approximate surface area is 184 Å². The van der Waals surface area contributed by atoms with E-state index in [9.17, 15) is 19.5 Å². The summed E-state index contributed by atoms with van der Waals surface area (Å²) in [6, 6.07) is 13.9. The maximum absolute atomic E-state index is 13.6. The standard InChI is InChI=1S/C23H22ClN3O4/c1-12(28)19-17-18(21(30)27(20(17)29)10-9-13-5-3-2-4-6-13)23(26-19)15-11-14(24)7-8-16(15)25-22(23)31/h2-8,11-12,17-19,26,28H,9-10H2,1H3,(H,25,31)/t12-,17-,18-,19-,23-/m0/s1. The largest absolute Gasteiger partial charge is 0.392 e. The minimum absolute atomic E-state index is 0.224. The number of fused-ring (bicyclic) bond motifs is 4. The smallest absolute Gasteiger partial charge is 0.250 e. The number of likely N-dealkylation sites (tertiary alicyclic amines) is 1. The molecule has 5 atom stereocenters. The topological polar surface area (TPSA) is 98.7 Å². The predicted octanol–water partition coefficient (Wildman–Crippen LogP) is 1.68. The summed E-state index contributed by atoms with van der Waals surface area (Å²) >= 11 is 6.21. The number of aliphatic hydroxyl groups excluding tert-OH is 1. The van der Waals surface area contributed by atoms with Crippen molar-refractivity contribution in [2.24, 2.45) is 11.8 Å². The Morgan fingerprint density at radius 2 is 1.87 bits per heavy atom. The fourth-order valence-electron chi connectivity index (χ4n) is 5.28. The third-order valence-corrected chi connectivity index (χ3v) is 6.92. The normalized spacial score (nSPS) is 30.0. The van der Waals surface area contributed by atoms with E-state index in [1.165, 1.54) is 4.90 Å². The predicted molar refractivity (Wildman–Crippen MR) is 114 cm³/mol. The van der Waals surface area contributed by atoms with E-state index in [1.807, 2.05) is 30.3 Å². The second-order valence-corrected chi connectivity index (χ2v) is 8.87. The van der Waals surface area contributed by atoms with Gasteiger partial charge in [0.15, 0.2) is 0 Å². The van der Waals surface area contributed by atoms with Gasteiger partial charge in [-0.05, 0) is 37.1 Å². The number of carbonyl (C=O) groups is 3. The summed E-state index contributed by atoms with van der Waals surface area (Å²) in [4.78, 5) is 41.4. The summed E-state index contributed by atoms with van der Waals surface area (Å²) in [5, 5.41) is 16.8. The van der Waals surface area contributed by atoms with Gasteiger partial charge in [0.05, 0.1) is 17.9 Å². The summed E-state index contributed by atoms with van der Waals surface area (Å²) in [6.07, 6.45) is -0.416. The van der Waals surface area contributed by atoms with Crippen LogP contribution in [-0.4, -0.2) is 46.4 Å². The first-order chi connectivity index (χ1) is 14.8. The Hall–Kier alpha value is -2.74. The van der Waals surface area contributed by atoms with Crippen molar-refractivity contribution in [2.75, 3.05) is 11.9 Å². The van der Waals surface area contributed by atoms with Crippen LogP contribution in [-0.2, 0) is 26.3 Å². The molecule has 2 aromatic carbocycles. The molecule has 7 nitrogen and oxygen atoms in total. The van der Waals surface area contributed by atoms with Gasteiger partial charge in [0.25, 0.3) is 0 Å². The lowest BCUT2D eigenvalue weighted by atomic mass is 9.76. The maximum atomic E-state index is 13.6. The maximum Gasteiger partial charge on any atom is 0.250 e. The third kappa shape index (κ3) is 2.84. The van der Waals surface area contributed by atoms with Crippen LogP contribution in [0.25, 0.3) is 0 Å². The molecule has 0 unspecified atom stereocenters. The molecule has 31 heavy (non-hydrogen) atoms. The van der Waals surface area contributed by atoms with Crippen LogP contribution < -0.4 is 10.6 Å². The van der Waals surface area contributed by atoms with E-state index in [1.54, 1.807) is 25.1 Å². The fraction of sp³-hybridized carbons (Fsp3) is 0.348. The number of carbonyl (C=O) groups excluding carboxylic acids is 3. The van der Waals surface area contributed by atoms with E-state index in [2.05, 4.69) is 10.6 Å². The number of halogens is 1. The highest BCUT2D eigenvalue weighted by atomic mass is 35.5. The first-order valence-corrected chi connectivity index (χ1v) is 10.7. The monoisotopic (exact) mass is 439 g/mol. The van der Waals surface area contributed by atoms with Gasteiger partial charge in [-0.1, -0.05) is 41.9 Å². The highest BCUT2D eigenvalue weighted by Crippen LogP contribution is 2.53. The number of anilines is 1. The second-order valence-electron chi connectivity index (χ2n) is 8.43. The number of rotatable bonds is 4. The summed E-state index contributed by atoms with van der Waals surface area (Å²) in [5.74, 6) is -2.95. The van der Waals surface area contributed by atoms with Gasteiger partial charge in [-0.2, -0.15) is 0 Å². The van der Waals surface area contributed by atoms with Gasteiger partial charge in [-0.15, -0.1) is 0 Å². The highest BCUT2D eigenvalue weighted by Gasteiger charge is 2.71. The van der Waals surface area contributed by atoms with Crippen molar-refractivity contribution in [3.05, 3.63) is 64.7 Å². The molecule has 2 aromatic rings. The van der Waals surface area contributed by atoms with Gasteiger partial charge in [-0.25, -0.2) is 0 Å². The number of hydrogen-bond donors (Lipinski definition) is 3. The number of nitrogens with one attached hydrogen (secondary N) is 2. The molecular weight excluding hydrogens is 418 g/mol. The molecule has 1 spiro atoms. The Morgan fingerprint density at radius 3 is 2.58 bits per heavy atom. The Balaban J connectivity index is 1.55. The lowest BCUT2D eigenvalue weighted by molar-refractivity contribution is -0.143. The average molecular weight is 440 g/mol. The van der Waals surface area contributed by atoms with Crippen molar-refractivity contribution < 1.29 is 19.5 Å². The summed E-state index contributed by atoms with van der Waals surface area (Å²) in [7, 11) is 0. The quantitative estimate of drug-likeness (QED) is 0.630. The number of benzene rings is 2. The molecule has 0 radical (unpaired) electrons. The lowest BCUT2D eigenvalue weighted by Gasteiger charge is -2.30. The van der Waals surface area contributed by atoms with Gasteiger partial charge in [0, 0.05) is 28.9 Å². The first kappa shape index (κ1) is 20.2. The Morgan fingerprint density at radius 1 is 1.13 bits per heavy atom.